The minimum absolute atomic E-state index is 0.171. The van der Waals surface area contributed by atoms with Crippen LogP contribution in [0.3, 0.4) is 0 Å². The lowest BCUT2D eigenvalue weighted by Crippen LogP contribution is -2.07. The van der Waals surface area contributed by atoms with E-state index in [-0.39, 0.29) is 11.9 Å². The molecule has 0 spiro atoms. The zero-order valence-electron chi connectivity index (χ0n) is 6.81. The van der Waals surface area contributed by atoms with Gasteiger partial charge in [0, 0.05) is 0 Å². The molecule has 0 saturated heterocycles. The zero-order chi connectivity index (χ0) is 8.15. The van der Waals surface area contributed by atoms with Gasteiger partial charge in [-0.1, -0.05) is 19.1 Å². The van der Waals surface area contributed by atoms with E-state index in [0.29, 0.717) is 6.42 Å². The Balaban J connectivity index is 3.68. The lowest BCUT2D eigenvalue weighted by Gasteiger charge is -2.07. The molecule has 0 amide bonds. The van der Waals surface area contributed by atoms with Crippen molar-refractivity contribution in [2.75, 3.05) is 7.11 Å². The van der Waals surface area contributed by atoms with Gasteiger partial charge in [-0.05, 0) is 12.8 Å². The summed E-state index contributed by atoms with van der Waals surface area (Å²) in [5.41, 5.74) is 1.02. The number of hydrogen-bond donors (Lipinski definition) is 0. The summed E-state index contributed by atoms with van der Waals surface area (Å²) >= 11 is 0. The van der Waals surface area contributed by atoms with E-state index in [1.807, 2.05) is 13.8 Å². The Labute approximate surface area is 61.9 Å². The number of rotatable bonds is 3. The second-order valence-electron chi connectivity index (χ2n) is 2.53. The predicted molar refractivity (Wildman–Crippen MR) is 40.6 cm³/mol. The summed E-state index contributed by atoms with van der Waals surface area (Å²) in [4.78, 5) is 10.7. The van der Waals surface area contributed by atoms with Gasteiger partial charge in [0.2, 0.25) is 0 Å². The van der Waals surface area contributed by atoms with Crippen LogP contribution in [0.4, 0.5) is 0 Å². The third kappa shape index (κ3) is 3.28. The van der Waals surface area contributed by atoms with Gasteiger partial charge in [0.05, 0.1) is 13.5 Å². The van der Waals surface area contributed by atoms with E-state index in [2.05, 4.69) is 11.3 Å². The number of hydrogen-bond acceptors (Lipinski definition) is 2. The largest absolute Gasteiger partial charge is 0.469 e. The number of methoxy groups -OCH3 is 1. The first kappa shape index (κ1) is 9.21. The van der Waals surface area contributed by atoms with Crippen molar-refractivity contribution in [2.45, 2.75) is 20.3 Å². The highest BCUT2D eigenvalue weighted by molar-refractivity contribution is 5.69. The van der Waals surface area contributed by atoms with Gasteiger partial charge in [-0.15, -0.1) is 0 Å². The summed E-state index contributed by atoms with van der Waals surface area (Å²) in [7, 11) is 1.40. The molecular weight excluding hydrogens is 128 g/mol. The van der Waals surface area contributed by atoms with Crippen LogP contribution in [0.25, 0.3) is 0 Å². The van der Waals surface area contributed by atoms with Gasteiger partial charge < -0.3 is 4.74 Å². The number of allylic oxidation sites excluding steroid dienone is 1. The Kier molecular flexibility index (Phi) is 3.77. The zero-order valence-corrected chi connectivity index (χ0v) is 6.81. The van der Waals surface area contributed by atoms with Crippen LogP contribution in [0, 0.1) is 5.92 Å². The molecule has 10 heavy (non-hydrogen) atoms. The second kappa shape index (κ2) is 4.09. The molecule has 0 N–H and O–H groups in total. The molecule has 0 bridgehead atoms. The minimum Gasteiger partial charge on any atom is -0.469 e. The Morgan fingerprint density at radius 3 is 2.50 bits per heavy atom. The molecular formula is C8H14O2. The maximum absolute atomic E-state index is 10.7. The normalized spacial score (nSPS) is 12.3. The Morgan fingerprint density at radius 2 is 2.20 bits per heavy atom. The molecule has 1 atom stereocenters. The minimum atomic E-state index is -0.171. The van der Waals surface area contributed by atoms with Crippen molar-refractivity contribution in [3.63, 3.8) is 0 Å². The third-order valence-corrected chi connectivity index (χ3v) is 1.54. The Hall–Kier alpha value is -0.790. The second-order valence-corrected chi connectivity index (χ2v) is 2.53. The highest BCUT2D eigenvalue weighted by atomic mass is 16.5. The summed E-state index contributed by atoms with van der Waals surface area (Å²) in [6.45, 7) is 7.60. The monoisotopic (exact) mass is 142 g/mol. The highest BCUT2D eigenvalue weighted by Gasteiger charge is 2.08. The molecule has 0 saturated carbocycles. The predicted octanol–water partition coefficient (Wildman–Crippen LogP) is 1.76. The Morgan fingerprint density at radius 1 is 1.70 bits per heavy atom. The Bertz CT molecular complexity index is 138. The number of carbonyl (C=O) groups is 1. The molecule has 2 nitrogen and oxygen atoms in total. The van der Waals surface area contributed by atoms with Crippen molar-refractivity contribution < 1.29 is 9.53 Å². The highest BCUT2D eigenvalue weighted by Crippen LogP contribution is 2.11. The van der Waals surface area contributed by atoms with Gasteiger partial charge in [-0.3, -0.25) is 4.79 Å². The summed E-state index contributed by atoms with van der Waals surface area (Å²) in [6.07, 6.45) is 0.436. The fraction of sp³-hybridized carbons (Fsp3) is 0.625. The van der Waals surface area contributed by atoms with Gasteiger partial charge in [-0.2, -0.15) is 0 Å². The molecule has 0 aliphatic rings. The van der Waals surface area contributed by atoms with Crippen LogP contribution in [0.5, 0.6) is 0 Å². The van der Waals surface area contributed by atoms with Crippen LogP contribution in [0.1, 0.15) is 20.3 Å². The summed E-state index contributed by atoms with van der Waals surface area (Å²) < 4.78 is 4.49. The molecule has 0 aromatic heterocycles. The number of esters is 1. The topological polar surface area (TPSA) is 26.3 Å². The van der Waals surface area contributed by atoms with Crippen LogP contribution in [-0.2, 0) is 9.53 Å². The molecule has 0 heterocycles. The number of ether oxygens (including phenoxy) is 1. The fourth-order valence-corrected chi connectivity index (χ4v) is 0.508. The first-order chi connectivity index (χ1) is 4.57. The molecule has 0 aliphatic heterocycles. The third-order valence-electron chi connectivity index (χ3n) is 1.54. The van der Waals surface area contributed by atoms with E-state index in [4.69, 9.17) is 0 Å². The maximum atomic E-state index is 10.7. The molecule has 0 aliphatic carbocycles. The van der Waals surface area contributed by atoms with Crippen LogP contribution in [0.15, 0.2) is 12.2 Å². The van der Waals surface area contributed by atoms with Gasteiger partial charge in [0.1, 0.15) is 0 Å². The van der Waals surface area contributed by atoms with Gasteiger partial charge in [0.25, 0.3) is 0 Å². The van der Waals surface area contributed by atoms with E-state index >= 15 is 0 Å². The maximum Gasteiger partial charge on any atom is 0.306 e. The molecule has 0 radical (unpaired) electrons. The van der Waals surface area contributed by atoms with Crippen LogP contribution < -0.4 is 0 Å². The molecule has 58 valence electrons. The molecule has 2 heteroatoms. The standard InChI is InChI=1S/C8H14O2/c1-6(2)7(3)5-8(9)10-4/h7H,1,5H2,2-4H3. The summed E-state index contributed by atoms with van der Waals surface area (Å²) in [5, 5.41) is 0. The average Bonchev–Trinajstić information content (AvgIpc) is 1.87. The van der Waals surface area contributed by atoms with E-state index in [1.54, 1.807) is 0 Å². The van der Waals surface area contributed by atoms with Crippen molar-refractivity contribution in [1.29, 1.82) is 0 Å². The quantitative estimate of drug-likeness (QED) is 0.443. The van der Waals surface area contributed by atoms with Crippen LogP contribution in [-0.4, -0.2) is 13.1 Å². The van der Waals surface area contributed by atoms with E-state index in [9.17, 15) is 4.79 Å². The first-order valence-corrected chi connectivity index (χ1v) is 3.30. The van der Waals surface area contributed by atoms with E-state index in [1.165, 1.54) is 7.11 Å². The van der Waals surface area contributed by atoms with Crippen molar-refractivity contribution in [1.82, 2.24) is 0 Å². The summed E-state index contributed by atoms with van der Waals surface area (Å²) in [5.74, 6) is 0.0583. The van der Waals surface area contributed by atoms with Crippen molar-refractivity contribution >= 4 is 5.97 Å². The molecule has 1 unspecified atom stereocenters. The van der Waals surface area contributed by atoms with Crippen LogP contribution in [0.2, 0.25) is 0 Å². The lowest BCUT2D eigenvalue weighted by atomic mass is 10.0. The molecule has 0 fully saturated rings. The average molecular weight is 142 g/mol. The van der Waals surface area contributed by atoms with Crippen molar-refractivity contribution in [3.05, 3.63) is 12.2 Å². The first-order valence-electron chi connectivity index (χ1n) is 3.30. The van der Waals surface area contributed by atoms with Crippen LogP contribution >= 0.6 is 0 Å². The summed E-state index contributed by atoms with van der Waals surface area (Å²) in [6, 6.07) is 0. The molecule has 0 aromatic carbocycles. The lowest BCUT2D eigenvalue weighted by molar-refractivity contribution is -0.141. The van der Waals surface area contributed by atoms with Gasteiger partial charge in [0.15, 0.2) is 0 Å². The smallest absolute Gasteiger partial charge is 0.306 e. The fourth-order valence-electron chi connectivity index (χ4n) is 0.508. The van der Waals surface area contributed by atoms with E-state index in [0.717, 1.165) is 5.57 Å². The van der Waals surface area contributed by atoms with Crippen molar-refractivity contribution in [2.24, 2.45) is 5.92 Å². The van der Waals surface area contributed by atoms with Gasteiger partial charge in [-0.25, -0.2) is 0 Å². The van der Waals surface area contributed by atoms with E-state index < -0.39 is 0 Å². The van der Waals surface area contributed by atoms with Crippen molar-refractivity contribution in [3.8, 4) is 0 Å². The van der Waals surface area contributed by atoms with Gasteiger partial charge >= 0.3 is 5.97 Å². The molecule has 0 aromatic rings. The number of carbonyl (C=O) groups excluding carboxylic acids is 1. The molecule has 0 rings (SSSR count). The SMILES string of the molecule is C=C(C)C(C)CC(=O)OC.